The normalized spacial score (nSPS) is 10.7. The zero-order chi connectivity index (χ0) is 13.0. The maximum atomic E-state index is 12.0. The molecule has 0 saturated carbocycles. The van der Waals surface area contributed by atoms with Crippen LogP contribution >= 0.6 is 0 Å². The fourth-order valence-electron chi connectivity index (χ4n) is 1.34. The lowest BCUT2D eigenvalue weighted by molar-refractivity contribution is 0.584. The molecule has 0 amide bonds. The van der Waals surface area contributed by atoms with E-state index in [4.69, 9.17) is 0 Å². The van der Waals surface area contributed by atoms with E-state index in [1.165, 1.54) is 4.68 Å². The molecule has 1 aromatic heterocycles. The molecule has 0 saturated heterocycles. The first kappa shape index (κ1) is 12.3. The minimum atomic E-state index is -3.60. The molecular formula is C11H10N4O2S. The van der Waals surface area contributed by atoms with Crippen LogP contribution in [0.1, 0.15) is 6.92 Å². The molecule has 0 aliphatic heterocycles. The van der Waals surface area contributed by atoms with Gasteiger partial charge in [-0.3, -0.25) is 0 Å². The molecule has 2 rings (SSSR count). The van der Waals surface area contributed by atoms with E-state index in [2.05, 4.69) is 27.4 Å². The Morgan fingerprint density at radius 1 is 1.28 bits per heavy atom. The Labute approximate surface area is 105 Å². The fourth-order valence-corrected chi connectivity index (χ4v) is 2.37. The first-order chi connectivity index (χ1) is 8.65. The number of benzene rings is 1. The van der Waals surface area contributed by atoms with Crippen LogP contribution in [0.2, 0.25) is 0 Å². The van der Waals surface area contributed by atoms with Gasteiger partial charge in [-0.2, -0.15) is 4.68 Å². The molecule has 6 nitrogen and oxygen atoms in total. The van der Waals surface area contributed by atoms with Crippen LogP contribution in [0.5, 0.6) is 0 Å². The predicted molar refractivity (Wildman–Crippen MR) is 64.7 cm³/mol. The standard InChI is InChI=1S/C11H10N4O2S/c1-2-3-9-18(16,17)11-12-13-14-15(11)10-7-5-4-6-8-10/h4-8H,9H2,1H3. The Hall–Kier alpha value is -2.20. The van der Waals surface area contributed by atoms with E-state index in [1.807, 2.05) is 6.07 Å². The van der Waals surface area contributed by atoms with Gasteiger partial charge in [-0.25, -0.2) is 8.42 Å². The summed E-state index contributed by atoms with van der Waals surface area (Å²) >= 11 is 0. The van der Waals surface area contributed by atoms with E-state index in [9.17, 15) is 8.42 Å². The van der Waals surface area contributed by atoms with Gasteiger partial charge in [-0.1, -0.05) is 29.2 Å². The lowest BCUT2D eigenvalue weighted by Crippen LogP contribution is -2.13. The first-order valence-electron chi connectivity index (χ1n) is 5.11. The summed E-state index contributed by atoms with van der Waals surface area (Å²) in [6.07, 6.45) is 0. The number of aromatic nitrogens is 4. The van der Waals surface area contributed by atoms with Crippen LogP contribution in [-0.2, 0) is 9.84 Å². The summed E-state index contributed by atoms with van der Waals surface area (Å²) in [5.41, 5.74) is 0.588. The van der Waals surface area contributed by atoms with Gasteiger partial charge in [0.2, 0.25) is 9.84 Å². The largest absolute Gasteiger partial charge is 0.273 e. The zero-order valence-corrected chi connectivity index (χ0v) is 10.4. The van der Waals surface area contributed by atoms with Gasteiger partial charge in [0, 0.05) is 0 Å². The Morgan fingerprint density at radius 3 is 2.67 bits per heavy atom. The molecule has 0 aliphatic rings. The van der Waals surface area contributed by atoms with Crippen molar-refractivity contribution in [2.75, 3.05) is 5.75 Å². The van der Waals surface area contributed by atoms with Crippen molar-refractivity contribution < 1.29 is 8.42 Å². The first-order valence-corrected chi connectivity index (χ1v) is 6.76. The SMILES string of the molecule is CC#CCS(=O)(=O)c1nnnn1-c1ccccc1. The summed E-state index contributed by atoms with van der Waals surface area (Å²) in [7, 11) is -3.60. The third-order valence-electron chi connectivity index (χ3n) is 2.16. The van der Waals surface area contributed by atoms with Crippen molar-refractivity contribution >= 4 is 9.84 Å². The second kappa shape index (κ2) is 4.98. The quantitative estimate of drug-likeness (QED) is 0.751. The molecule has 18 heavy (non-hydrogen) atoms. The Morgan fingerprint density at radius 2 is 2.00 bits per heavy atom. The second-order valence-corrected chi connectivity index (χ2v) is 5.28. The van der Waals surface area contributed by atoms with Crippen LogP contribution in [0.3, 0.4) is 0 Å². The average molecular weight is 262 g/mol. The second-order valence-electron chi connectivity index (χ2n) is 3.39. The molecule has 0 bridgehead atoms. The smallest absolute Gasteiger partial charge is 0.219 e. The van der Waals surface area contributed by atoms with Gasteiger partial charge < -0.3 is 0 Å². The number of tetrazole rings is 1. The van der Waals surface area contributed by atoms with Gasteiger partial charge in [0.05, 0.1) is 5.69 Å². The molecule has 0 N–H and O–H groups in total. The monoisotopic (exact) mass is 262 g/mol. The van der Waals surface area contributed by atoms with Gasteiger partial charge in [-0.15, -0.1) is 5.92 Å². The molecule has 0 fully saturated rings. The Kier molecular flexibility index (Phi) is 3.39. The van der Waals surface area contributed by atoms with Crippen molar-refractivity contribution in [1.29, 1.82) is 0 Å². The summed E-state index contributed by atoms with van der Waals surface area (Å²) in [4.78, 5) is 0. The van der Waals surface area contributed by atoms with Crippen molar-refractivity contribution in [2.45, 2.75) is 12.1 Å². The van der Waals surface area contributed by atoms with Crippen molar-refractivity contribution in [2.24, 2.45) is 0 Å². The highest BCUT2D eigenvalue weighted by atomic mass is 32.2. The number of hydrogen-bond acceptors (Lipinski definition) is 5. The zero-order valence-electron chi connectivity index (χ0n) is 9.61. The van der Waals surface area contributed by atoms with Gasteiger partial charge in [0.1, 0.15) is 5.75 Å². The third-order valence-corrected chi connectivity index (χ3v) is 3.49. The van der Waals surface area contributed by atoms with Crippen LogP contribution in [0, 0.1) is 11.8 Å². The van der Waals surface area contributed by atoms with Gasteiger partial charge in [-0.05, 0) is 29.5 Å². The maximum Gasteiger partial charge on any atom is 0.273 e. The minimum absolute atomic E-state index is 0.198. The summed E-state index contributed by atoms with van der Waals surface area (Å²) in [5.74, 6) is 4.75. The maximum absolute atomic E-state index is 12.0. The van der Waals surface area contributed by atoms with E-state index < -0.39 is 9.84 Å². The molecule has 1 heterocycles. The van der Waals surface area contributed by atoms with Crippen molar-refractivity contribution in [1.82, 2.24) is 20.2 Å². The van der Waals surface area contributed by atoms with E-state index in [0.717, 1.165) is 0 Å². The van der Waals surface area contributed by atoms with Crippen molar-refractivity contribution in [3.05, 3.63) is 30.3 Å². The third kappa shape index (κ3) is 2.38. The molecule has 0 spiro atoms. The van der Waals surface area contributed by atoms with Gasteiger partial charge >= 0.3 is 0 Å². The molecule has 7 heteroatoms. The molecule has 92 valence electrons. The van der Waals surface area contributed by atoms with E-state index in [0.29, 0.717) is 5.69 Å². The topological polar surface area (TPSA) is 77.7 Å². The van der Waals surface area contributed by atoms with Crippen LogP contribution in [0.25, 0.3) is 5.69 Å². The number of rotatable bonds is 3. The van der Waals surface area contributed by atoms with Crippen LogP contribution < -0.4 is 0 Å². The van der Waals surface area contributed by atoms with Crippen LogP contribution in [0.4, 0.5) is 0 Å². The van der Waals surface area contributed by atoms with Gasteiger partial charge in [0.15, 0.2) is 0 Å². The number of hydrogen-bond donors (Lipinski definition) is 0. The van der Waals surface area contributed by atoms with Crippen LogP contribution in [-0.4, -0.2) is 34.4 Å². The van der Waals surface area contributed by atoms with Crippen molar-refractivity contribution in [3.8, 4) is 17.5 Å². The molecular weight excluding hydrogens is 252 g/mol. The molecule has 1 aromatic carbocycles. The molecule has 0 unspecified atom stereocenters. The highest BCUT2D eigenvalue weighted by Crippen LogP contribution is 2.12. The Bertz CT molecular complexity index is 695. The summed E-state index contributed by atoms with van der Waals surface area (Å²) in [6.45, 7) is 1.58. The van der Waals surface area contributed by atoms with Crippen molar-refractivity contribution in [3.63, 3.8) is 0 Å². The Balaban J connectivity index is 2.48. The summed E-state index contributed by atoms with van der Waals surface area (Å²) < 4.78 is 25.1. The minimum Gasteiger partial charge on any atom is -0.219 e. The van der Waals surface area contributed by atoms with Crippen LogP contribution in [0.15, 0.2) is 35.5 Å². The highest BCUT2D eigenvalue weighted by molar-refractivity contribution is 7.91. The number of nitrogens with zero attached hydrogens (tertiary/aromatic N) is 4. The lowest BCUT2D eigenvalue weighted by atomic mass is 10.3. The average Bonchev–Trinajstić information content (AvgIpc) is 2.87. The van der Waals surface area contributed by atoms with E-state index in [1.54, 1.807) is 31.2 Å². The molecule has 0 atom stereocenters. The molecule has 0 aliphatic carbocycles. The fraction of sp³-hybridized carbons (Fsp3) is 0.182. The highest BCUT2D eigenvalue weighted by Gasteiger charge is 2.22. The van der Waals surface area contributed by atoms with E-state index >= 15 is 0 Å². The molecule has 0 radical (unpaired) electrons. The molecule has 2 aromatic rings. The number of para-hydroxylation sites is 1. The van der Waals surface area contributed by atoms with E-state index in [-0.39, 0.29) is 10.9 Å². The lowest BCUT2D eigenvalue weighted by Gasteiger charge is -2.02. The summed E-state index contributed by atoms with van der Waals surface area (Å²) in [6, 6.07) is 8.82. The van der Waals surface area contributed by atoms with Gasteiger partial charge in [0.25, 0.3) is 5.16 Å². The number of sulfone groups is 1. The summed E-state index contributed by atoms with van der Waals surface area (Å²) in [5, 5.41) is 10.5. The predicted octanol–water partition coefficient (Wildman–Crippen LogP) is 0.459.